The van der Waals surface area contributed by atoms with E-state index < -0.39 is 18.1 Å². The Balaban J connectivity index is 2.18. The van der Waals surface area contributed by atoms with Crippen LogP contribution in [0.4, 0.5) is 13.2 Å². The summed E-state index contributed by atoms with van der Waals surface area (Å²) in [5.41, 5.74) is 2.37. The average Bonchev–Trinajstić information content (AvgIpc) is 2.98. The van der Waals surface area contributed by atoms with E-state index in [1.807, 2.05) is 6.92 Å². The van der Waals surface area contributed by atoms with Gasteiger partial charge < -0.3 is 4.74 Å². The molecule has 0 aliphatic carbocycles. The number of hydrogen-bond donors (Lipinski definition) is 1. The Morgan fingerprint density at radius 3 is 2.64 bits per heavy atom. The van der Waals surface area contributed by atoms with Crippen LogP contribution >= 0.6 is 0 Å². The minimum atomic E-state index is -4.56. The first-order valence-corrected chi connectivity index (χ1v) is 8.19. The summed E-state index contributed by atoms with van der Waals surface area (Å²) in [4.78, 5) is 11.5. The molecule has 7 heteroatoms. The molecule has 0 bridgehead atoms. The van der Waals surface area contributed by atoms with E-state index in [1.54, 1.807) is 36.4 Å². The minimum absolute atomic E-state index is 0.000547. The van der Waals surface area contributed by atoms with Gasteiger partial charge in [-0.1, -0.05) is 37.3 Å². The van der Waals surface area contributed by atoms with E-state index in [1.165, 1.54) is 0 Å². The van der Waals surface area contributed by atoms with Crippen LogP contribution in [-0.4, -0.2) is 30.2 Å². The summed E-state index contributed by atoms with van der Waals surface area (Å²) in [6, 6.07) is 8.25. The van der Waals surface area contributed by atoms with Crippen LogP contribution in [0.5, 0.6) is 5.75 Å². The molecule has 3 rings (SSSR count). The lowest BCUT2D eigenvalue weighted by atomic mass is 9.96. The predicted molar refractivity (Wildman–Crippen MR) is 88.0 cm³/mol. The van der Waals surface area contributed by atoms with Crippen LogP contribution in [0.3, 0.4) is 0 Å². The van der Waals surface area contributed by atoms with Crippen LogP contribution in [0.1, 0.15) is 31.4 Å². The quantitative estimate of drug-likeness (QED) is 0.885. The van der Waals surface area contributed by atoms with Gasteiger partial charge in [0.15, 0.2) is 6.04 Å². The fourth-order valence-electron chi connectivity index (χ4n) is 3.08. The van der Waals surface area contributed by atoms with Crippen molar-refractivity contribution in [2.75, 3.05) is 13.2 Å². The molecule has 4 nitrogen and oxygen atoms in total. The molecule has 2 aromatic carbocycles. The van der Waals surface area contributed by atoms with Gasteiger partial charge in [0.05, 0.1) is 6.61 Å². The van der Waals surface area contributed by atoms with Gasteiger partial charge in [-0.25, -0.2) is 5.01 Å². The largest absolute Gasteiger partial charge is 0.493 e. The van der Waals surface area contributed by atoms with Crippen molar-refractivity contribution in [1.29, 1.82) is 0 Å². The molecule has 134 valence electrons. The smallest absolute Gasteiger partial charge is 0.410 e. The van der Waals surface area contributed by atoms with E-state index in [9.17, 15) is 18.0 Å². The molecule has 1 aliphatic rings. The van der Waals surface area contributed by atoms with Crippen molar-refractivity contribution in [2.45, 2.75) is 32.0 Å². The van der Waals surface area contributed by atoms with E-state index >= 15 is 0 Å². The minimum Gasteiger partial charge on any atom is -0.493 e. The van der Waals surface area contributed by atoms with Crippen LogP contribution in [0.2, 0.25) is 0 Å². The second-order valence-electron chi connectivity index (χ2n) is 5.97. The maximum absolute atomic E-state index is 14.0. The SMILES string of the molecule is CCCOc1ccc2ccccc2c1[C@H](N1CCC(=O)N1)C(F)(F)F. The molecule has 0 radical (unpaired) electrons. The van der Waals surface area contributed by atoms with E-state index in [4.69, 9.17) is 4.74 Å². The van der Waals surface area contributed by atoms with Gasteiger partial charge in [-0.3, -0.25) is 10.2 Å². The zero-order chi connectivity index (χ0) is 18.0. The van der Waals surface area contributed by atoms with Crippen LogP contribution in [-0.2, 0) is 4.79 Å². The summed E-state index contributed by atoms with van der Waals surface area (Å²) in [5, 5.41) is 2.13. The molecule has 1 saturated heterocycles. The van der Waals surface area contributed by atoms with E-state index in [-0.39, 0.29) is 24.3 Å². The first-order valence-electron chi connectivity index (χ1n) is 8.19. The lowest BCUT2D eigenvalue weighted by Gasteiger charge is -2.31. The lowest BCUT2D eigenvalue weighted by molar-refractivity contribution is -0.191. The summed E-state index contributed by atoms with van der Waals surface area (Å²) >= 11 is 0. The Morgan fingerprint density at radius 1 is 1.24 bits per heavy atom. The topological polar surface area (TPSA) is 41.6 Å². The number of nitrogens with one attached hydrogen (secondary N) is 1. The number of hydrazine groups is 1. The number of carbonyl (C=O) groups is 1. The molecule has 1 atom stereocenters. The number of carbonyl (C=O) groups excluding carboxylic acids is 1. The number of rotatable bonds is 5. The third-order valence-corrected chi connectivity index (χ3v) is 4.14. The molecule has 0 aromatic heterocycles. The van der Waals surface area contributed by atoms with Crippen molar-refractivity contribution in [2.24, 2.45) is 0 Å². The number of alkyl halides is 3. The van der Waals surface area contributed by atoms with Gasteiger partial charge in [-0.2, -0.15) is 13.2 Å². The fraction of sp³-hybridized carbons (Fsp3) is 0.389. The summed E-state index contributed by atoms with van der Waals surface area (Å²) in [6.07, 6.45) is -3.84. The Hall–Kier alpha value is -2.28. The highest BCUT2D eigenvalue weighted by atomic mass is 19.4. The zero-order valence-electron chi connectivity index (χ0n) is 13.8. The van der Waals surface area contributed by atoms with Crippen molar-refractivity contribution in [3.05, 3.63) is 42.0 Å². The molecule has 0 saturated carbocycles. The number of ether oxygens (including phenoxy) is 1. The second kappa shape index (κ2) is 6.92. The normalized spacial score (nSPS) is 16.9. The Labute approximate surface area is 143 Å². The molecule has 0 spiro atoms. The number of hydrogen-bond acceptors (Lipinski definition) is 3. The Kier molecular flexibility index (Phi) is 4.85. The number of benzene rings is 2. The summed E-state index contributed by atoms with van der Waals surface area (Å²) in [7, 11) is 0. The molecule has 1 heterocycles. The van der Waals surface area contributed by atoms with Crippen molar-refractivity contribution in [3.63, 3.8) is 0 Å². The highest BCUT2D eigenvalue weighted by Crippen LogP contribution is 2.44. The number of halogens is 3. The third kappa shape index (κ3) is 3.56. The van der Waals surface area contributed by atoms with E-state index in [0.717, 1.165) is 5.01 Å². The van der Waals surface area contributed by atoms with Crippen LogP contribution in [0.25, 0.3) is 10.8 Å². The predicted octanol–water partition coefficient (Wildman–Crippen LogP) is 3.97. The first kappa shape index (κ1) is 17.5. The summed E-state index contributed by atoms with van der Waals surface area (Å²) in [6.45, 7) is 2.21. The van der Waals surface area contributed by atoms with Crippen LogP contribution < -0.4 is 10.2 Å². The monoisotopic (exact) mass is 352 g/mol. The van der Waals surface area contributed by atoms with E-state index in [0.29, 0.717) is 23.8 Å². The second-order valence-corrected chi connectivity index (χ2v) is 5.97. The molecule has 2 aromatic rings. The van der Waals surface area contributed by atoms with Gasteiger partial charge in [-0.15, -0.1) is 0 Å². The molecule has 1 fully saturated rings. The maximum Gasteiger partial charge on any atom is 0.410 e. The Morgan fingerprint density at radius 2 is 2.00 bits per heavy atom. The van der Waals surface area contributed by atoms with E-state index in [2.05, 4.69) is 5.43 Å². The summed E-state index contributed by atoms with van der Waals surface area (Å²) in [5.74, 6) is -0.213. The number of amides is 1. The van der Waals surface area contributed by atoms with Crippen LogP contribution in [0.15, 0.2) is 36.4 Å². The average molecular weight is 352 g/mol. The molecule has 0 unspecified atom stereocenters. The number of nitrogens with zero attached hydrogens (tertiary/aromatic N) is 1. The third-order valence-electron chi connectivity index (χ3n) is 4.14. The van der Waals surface area contributed by atoms with Crippen molar-refractivity contribution < 1.29 is 22.7 Å². The lowest BCUT2D eigenvalue weighted by Crippen LogP contribution is -2.43. The van der Waals surface area contributed by atoms with Gasteiger partial charge in [0.1, 0.15) is 5.75 Å². The molecule has 1 N–H and O–H groups in total. The molecular weight excluding hydrogens is 333 g/mol. The van der Waals surface area contributed by atoms with Gasteiger partial charge >= 0.3 is 6.18 Å². The summed E-state index contributed by atoms with van der Waals surface area (Å²) < 4.78 is 47.5. The fourth-order valence-corrected chi connectivity index (χ4v) is 3.08. The van der Waals surface area contributed by atoms with Gasteiger partial charge in [0.2, 0.25) is 5.91 Å². The number of fused-ring (bicyclic) bond motifs is 1. The highest BCUT2D eigenvalue weighted by molar-refractivity contribution is 5.88. The first-order chi connectivity index (χ1) is 11.9. The van der Waals surface area contributed by atoms with Crippen LogP contribution in [0, 0.1) is 0 Å². The Bertz CT molecular complexity index is 776. The maximum atomic E-state index is 14.0. The zero-order valence-corrected chi connectivity index (χ0v) is 13.8. The highest BCUT2D eigenvalue weighted by Gasteiger charge is 2.48. The molecule has 1 aliphatic heterocycles. The standard InChI is InChI=1S/C18H19F3N2O2/c1-2-11-25-14-8-7-12-5-3-4-6-13(12)16(14)17(18(19,20)21)23-10-9-15(24)22-23/h3-8,17H,2,9-11H2,1H3,(H,22,24)/t17-/m0/s1. The molecule has 25 heavy (non-hydrogen) atoms. The van der Waals surface area contributed by atoms with Gasteiger partial charge in [0, 0.05) is 18.5 Å². The van der Waals surface area contributed by atoms with Crippen molar-refractivity contribution in [1.82, 2.24) is 10.4 Å². The van der Waals surface area contributed by atoms with Gasteiger partial charge in [0.25, 0.3) is 0 Å². The van der Waals surface area contributed by atoms with Gasteiger partial charge in [-0.05, 0) is 23.3 Å². The van der Waals surface area contributed by atoms with Crippen molar-refractivity contribution >= 4 is 16.7 Å². The van der Waals surface area contributed by atoms with Crippen molar-refractivity contribution in [3.8, 4) is 5.75 Å². The molecule has 1 amide bonds. The molecular formula is C18H19F3N2O2.